The van der Waals surface area contributed by atoms with Gasteiger partial charge in [-0.05, 0) is 29.0 Å². The second kappa shape index (κ2) is 8.28. The predicted molar refractivity (Wildman–Crippen MR) is 103 cm³/mol. The summed E-state index contributed by atoms with van der Waals surface area (Å²) in [5, 5.41) is 3.11. The van der Waals surface area contributed by atoms with Crippen LogP contribution in [0.15, 0.2) is 29.3 Å². The van der Waals surface area contributed by atoms with Crippen LogP contribution in [-0.4, -0.2) is 12.0 Å². The Balaban J connectivity index is 0.00000400. The van der Waals surface area contributed by atoms with Crippen LogP contribution in [0.1, 0.15) is 46.1 Å². The molecule has 3 N–H and O–H groups in total. The Morgan fingerprint density at radius 3 is 2.43 bits per heavy atom. The smallest absolute Gasteiger partial charge is 0.194 e. The van der Waals surface area contributed by atoms with E-state index < -0.39 is 0 Å². The number of guanidine groups is 1. The normalized spacial score (nSPS) is 13.3. The number of aliphatic imine (C=N–C) groups is 1. The van der Waals surface area contributed by atoms with Crippen molar-refractivity contribution in [3.05, 3.63) is 29.8 Å². The molecule has 1 rings (SSSR count). The molecular weight excluding hydrogens is 373 g/mol. The Hall–Kier alpha value is -1.22. The third kappa shape index (κ3) is 6.38. The van der Waals surface area contributed by atoms with Crippen molar-refractivity contribution in [2.45, 2.75) is 46.6 Å². The number of halogens is 1. The summed E-state index contributed by atoms with van der Waals surface area (Å²) in [5.41, 5.74) is 8.03. The Kier molecular flexibility index (Phi) is 7.80. The van der Waals surface area contributed by atoms with Crippen LogP contribution in [0.3, 0.4) is 0 Å². The average Bonchev–Trinajstić information content (AvgIpc) is 2.34. The number of rotatable bonds is 3. The van der Waals surface area contributed by atoms with E-state index in [0.29, 0.717) is 11.9 Å². The molecule has 0 aliphatic carbocycles. The van der Waals surface area contributed by atoms with Crippen molar-refractivity contribution < 1.29 is 0 Å². The zero-order valence-corrected chi connectivity index (χ0v) is 15.8. The van der Waals surface area contributed by atoms with Gasteiger partial charge >= 0.3 is 0 Å². The Morgan fingerprint density at radius 2 is 1.95 bits per heavy atom. The molecule has 0 saturated carbocycles. The maximum atomic E-state index is 5.95. The number of nitrogens with two attached hydrogens (primary N) is 1. The molecule has 0 amide bonds. The molecule has 1 aromatic carbocycles. The van der Waals surface area contributed by atoms with Gasteiger partial charge in [0.25, 0.3) is 0 Å². The highest BCUT2D eigenvalue weighted by molar-refractivity contribution is 14.0. The first-order chi connectivity index (χ1) is 9.24. The first-order valence-corrected chi connectivity index (χ1v) is 6.90. The van der Waals surface area contributed by atoms with Crippen LogP contribution in [0.4, 0.5) is 5.69 Å². The van der Waals surface area contributed by atoms with Crippen LogP contribution in [0.5, 0.6) is 0 Å². The molecule has 0 aliphatic rings. The highest BCUT2D eigenvalue weighted by Crippen LogP contribution is 2.22. The maximum Gasteiger partial charge on any atom is 0.194 e. The molecule has 1 aromatic rings. The van der Waals surface area contributed by atoms with Crippen molar-refractivity contribution in [2.24, 2.45) is 16.1 Å². The number of benzene rings is 1. The Morgan fingerprint density at radius 1 is 1.33 bits per heavy atom. The number of hydrogen-bond acceptors (Lipinski definition) is 1. The molecule has 1 atom stereocenters. The quantitative estimate of drug-likeness (QED) is 0.346. The Labute approximate surface area is 145 Å². The summed E-state index contributed by atoms with van der Waals surface area (Å²) >= 11 is 0. The second-order valence-corrected chi connectivity index (χ2v) is 6.35. The van der Waals surface area contributed by atoms with Crippen molar-refractivity contribution in [1.29, 1.82) is 0 Å². The van der Waals surface area contributed by atoms with E-state index in [1.807, 2.05) is 32.9 Å². The van der Waals surface area contributed by atoms with Crippen molar-refractivity contribution in [3.8, 4) is 12.3 Å². The summed E-state index contributed by atoms with van der Waals surface area (Å²) in [4.78, 5) is 4.38. The fourth-order valence-corrected chi connectivity index (χ4v) is 1.78. The monoisotopic (exact) mass is 399 g/mol. The molecule has 0 aromatic heterocycles. The largest absolute Gasteiger partial charge is 0.370 e. The zero-order valence-electron chi connectivity index (χ0n) is 13.5. The van der Waals surface area contributed by atoms with Gasteiger partial charge in [0.15, 0.2) is 5.96 Å². The van der Waals surface area contributed by atoms with Crippen molar-refractivity contribution in [2.75, 3.05) is 5.32 Å². The number of terminal acetylenes is 1. The minimum absolute atomic E-state index is 0. The second-order valence-electron chi connectivity index (χ2n) is 6.35. The molecule has 116 valence electrons. The third-order valence-corrected chi connectivity index (χ3v) is 3.07. The topological polar surface area (TPSA) is 50.4 Å². The summed E-state index contributed by atoms with van der Waals surface area (Å²) < 4.78 is 0. The van der Waals surface area contributed by atoms with Crippen LogP contribution in [-0.2, 0) is 0 Å². The molecule has 4 heteroatoms. The highest BCUT2D eigenvalue weighted by atomic mass is 127. The minimum Gasteiger partial charge on any atom is -0.370 e. The van der Waals surface area contributed by atoms with E-state index in [1.54, 1.807) is 0 Å². The number of nitrogens with zero attached hydrogens (tertiary/aromatic N) is 1. The lowest BCUT2D eigenvalue weighted by Crippen LogP contribution is -2.30. The highest BCUT2D eigenvalue weighted by Gasteiger charge is 2.22. The minimum atomic E-state index is -0.247. The molecule has 0 heterocycles. The first-order valence-electron chi connectivity index (χ1n) is 6.90. The van der Waals surface area contributed by atoms with Crippen LogP contribution < -0.4 is 11.1 Å². The van der Waals surface area contributed by atoms with Gasteiger partial charge < -0.3 is 11.1 Å². The van der Waals surface area contributed by atoms with Gasteiger partial charge in [0.05, 0.1) is 0 Å². The van der Waals surface area contributed by atoms with E-state index in [-0.39, 0.29) is 35.4 Å². The van der Waals surface area contributed by atoms with Gasteiger partial charge in [-0.15, -0.1) is 30.4 Å². The lowest BCUT2D eigenvalue weighted by atomic mass is 9.88. The van der Waals surface area contributed by atoms with Gasteiger partial charge in [0.1, 0.15) is 6.04 Å². The average molecular weight is 399 g/mol. The van der Waals surface area contributed by atoms with E-state index in [4.69, 9.17) is 12.2 Å². The number of nitrogens with one attached hydrogen (secondary N) is 1. The van der Waals surface area contributed by atoms with E-state index in [2.05, 4.69) is 42.2 Å². The van der Waals surface area contributed by atoms with Crippen LogP contribution in [0, 0.1) is 17.8 Å². The van der Waals surface area contributed by atoms with Crippen LogP contribution >= 0.6 is 24.0 Å². The summed E-state index contributed by atoms with van der Waals surface area (Å²) in [5.74, 6) is 3.51. The van der Waals surface area contributed by atoms with Crippen molar-refractivity contribution in [1.82, 2.24) is 0 Å². The molecule has 0 spiro atoms. The number of anilines is 1. The lowest BCUT2D eigenvalue weighted by Gasteiger charge is -2.23. The predicted octanol–water partition coefficient (Wildman–Crippen LogP) is 4.20. The fraction of sp³-hybridized carbons (Fsp3) is 0.471. The SMILES string of the molecule is C#CC(N=C(N)Nc1cccc(C(C)C)c1)C(C)(C)C.I. The molecule has 1 unspecified atom stereocenters. The standard InChI is InChI=1S/C17H25N3.HI/c1-7-15(17(4,5)6)20-16(18)19-14-10-8-9-13(11-14)12(2)3;/h1,8-12,15H,2-6H3,(H3,18,19,20);1H. The molecule has 0 aliphatic heterocycles. The Bertz CT molecular complexity index is 522. The van der Waals surface area contributed by atoms with Gasteiger partial charge in [-0.1, -0.05) is 52.7 Å². The fourth-order valence-electron chi connectivity index (χ4n) is 1.78. The molecule has 3 nitrogen and oxygen atoms in total. The zero-order chi connectivity index (χ0) is 15.3. The van der Waals surface area contributed by atoms with Crippen molar-refractivity contribution >= 4 is 35.6 Å². The van der Waals surface area contributed by atoms with E-state index in [9.17, 15) is 0 Å². The van der Waals surface area contributed by atoms with Gasteiger partial charge in [-0.25, -0.2) is 4.99 Å². The number of hydrogen-bond donors (Lipinski definition) is 2. The van der Waals surface area contributed by atoms with Crippen molar-refractivity contribution in [3.63, 3.8) is 0 Å². The van der Waals surface area contributed by atoms with Gasteiger partial charge in [0.2, 0.25) is 0 Å². The molecule has 0 saturated heterocycles. The van der Waals surface area contributed by atoms with Gasteiger partial charge in [-0.2, -0.15) is 0 Å². The van der Waals surface area contributed by atoms with Crippen LogP contribution in [0.25, 0.3) is 0 Å². The summed E-state index contributed by atoms with van der Waals surface area (Å²) in [6.45, 7) is 10.5. The molecule has 0 radical (unpaired) electrons. The van der Waals surface area contributed by atoms with E-state index in [1.165, 1.54) is 5.56 Å². The summed E-state index contributed by atoms with van der Waals surface area (Å²) in [7, 11) is 0. The van der Waals surface area contributed by atoms with E-state index >= 15 is 0 Å². The molecule has 21 heavy (non-hydrogen) atoms. The first kappa shape index (κ1) is 19.8. The molecular formula is C17H26IN3. The maximum absolute atomic E-state index is 5.95. The van der Waals surface area contributed by atoms with Crippen LogP contribution in [0.2, 0.25) is 0 Å². The molecule has 0 fully saturated rings. The third-order valence-electron chi connectivity index (χ3n) is 3.07. The summed E-state index contributed by atoms with van der Waals surface area (Å²) in [6, 6.07) is 7.91. The summed E-state index contributed by atoms with van der Waals surface area (Å²) in [6.07, 6.45) is 5.52. The lowest BCUT2D eigenvalue weighted by molar-refractivity contribution is 0.376. The van der Waals surface area contributed by atoms with E-state index in [0.717, 1.165) is 5.69 Å². The molecule has 0 bridgehead atoms. The van der Waals surface area contributed by atoms with Gasteiger partial charge in [-0.3, -0.25) is 0 Å². The van der Waals surface area contributed by atoms with Gasteiger partial charge in [0, 0.05) is 5.69 Å².